The Morgan fingerprint density at radius 1 is 1.22 bits per heavy atom. The first-order valence-electron chi connectivity index (χ1n) is 9.26. The number of rotatable bonds is 6. The molecule has 2 N–H and O–H groups in total. The number of fused-ring (bicyclic) bond motifs is 1. The number of anilines is 2. The lowest BCUT2D eigenvalue weighted by molar-refractivity contribution is 0.0948. The van der Waals surface area contributed by atoms with Gasteiger partial charge in [0.1, 0.15) is 11.3 Å². The predicted octanol–water partition coefficient (Wildman–Crippen LogP) is 1.87. The number of nitrogens with zero attached hydrogens (tertiary/aromatic N) is 5. The number of aromatic nitrogens is 4. The van der Waals surface area contributed by atoms with Crippen LogP contribution in [-0.2, 0) is 0 Å². The van der Waals surface area contributed by atoms with Crippen molar-refractivity contribution in [2.45, 2.75) is 19.8 Å². The van der Waals surface area contributed by atoms with Gasteiger partial charge in [0.05, 0.1) is 17.6 Å². The van der Waals surface area contributed by atoms with Crippen LogP contribution in [0.4, 0.5) is 11.5 Å². The standard InChI is InChI=1S/C19H23N7O/c1-14-18(26-11-3-2-6-17(26)23-14)19(27)21-8-7-20-16-12-15(13-22-24-16)25-9-4-5-10-25/h2-3,6,11-13H,4-5,7-10H2,1H3,(H,20,24)(H,21,27). The van der Waals surface area contributed by atoms with Crippen LogP contribution < -0.4 is 15.5 Å². The first-order valence-corrected chi connectivity index (χ1v) is 9.26. The molecule has 4 rings (SSSR count). The lowest BCUT2D eigenvalue weighted by Gasteiger charge is -2.17. The lowest BCUT2D eigenvalue weighted by atomic mass is 10.3. The summed E-state index contributed by atoms with van der Waals surface area (Å²) in [5, 5.41) is 14.4. The van der Waals surface area contributed by atoms with E-state index in [-0.39, 0.29) is 5.91 Å². The summed E-state index contributed by atoms with van der Waals surface area (Å²) in [6, 6.07) is 7.69. The number of pyridine rings is 1. The lowest BCUT2D eigenvalue weighted by Crippen LogP contribution is -2.30. The molecule has 0 aliphatic carbocycles. The summed E-state index contributed by atoms with van der Waals surface area (Å²) in [7, 11) is 0. The average molecular weight is 365 g/mol. The summed E-state index contributed by atoms with van der Waals surface area (Å²) in [5.74, 6) is 0.588. The fourth-order valence-corrected chi connectivity index (χ4v) is 3.43. The fourth-order valence-electron chi connectivity index (χ4n) is 3.43. The summed E-state index contributed by atoms with van der Waals surface area (Å²) in [4.78, 5) is 19.3. The van der Waals surface area contributed by atoms with E-state index < -0.39 is 0 Å². The van der Waals surface area contributed by atoms with Crippen LogP contribution in [0.1, 0.15) is 29.0 Å². The third kappa shape index (κ3) is 3.69. The molecule has 27 heavy (non-hydrogen) atoms. The van der Waals surface area contributed by atoms with E-state index in [0.29, 0.717) is 18.8 Å². The third-order valence-corrected chi connectivity index (χ3v) is 4.75. The number of hydrogen-bond donors (Lipinski definition) is 2. The van der Waals surface area contributed by atoms with Crippen LogP contribution in [0.5, 0.6) is 0 Å². The zero-order chi connectivity index (χ0) is 18.6. The van der Waals surface area contributed by atoms with E-state index in [2.05, 4.69) is 30.7 Å². The zero-order valence-electron chi connectivity index (χ0n) is 15.4. The monoisotopic (exact) mass is 365 g/mol. The summed E-state index contributed by atoms with van der Waals surface area (Å²) < 4.78 is 1.81. The molecule has 0 radical (unpaired) electrons. The molecule has 140 valence electrons. The van der Waals surface area contributed by atoms with Crippen LogP contribution in [0.3, 0.4) is 0 Å². The molecule has 1 aliphatic rings. The van der Waals surface area contributed by atoms with Gasteiger partial charge in [-0.05, 0) is 31.9 Å². The maximum atomic E-state index is 12.5. The summed E-state index contributed by atoms with van der Waals surface area (Å²) in [6.07, 6.45) is 6.09. The normalized spacial score (nSPS) is 13.9. The molecule has 0 bridgehead atoms. The van der Waals surface area contributed by atoms with Crippen molar-refractivity contribution in [2.24, 2.45) is 0 Å². The molecule has 0 spiro atoms. The van der Waals surface area contributed by atoms with Gasteiger partial charge in [0.15, 0.2) is 5.82 Å². The van der Waals surface area contributed by atoms with Gasteiger partial charge in [-0.25, -0.2) is 4.98 Å². The molecule has 8 heteroatoms. The highest BCUT2D eigenvalue weighted by Gasteiger charge is 2.16. The summed E-state index contributed by atoms with van der Waals surface area (Å²) >= 11 is 0. The topological polar surface area (TPSA) is 87.5 Å². The summed E-state index contributed by atoms with van der Waals surface area (Å²) in [5.41, 5.74) is 3.15. The van der Waals surface area contributed by atoms with Crippen LogP contribution in [0.2, 0.25) is 0 Å². The Kier molecular flexibility index (Phi) is 4.86. The third-order valence-electron chi connectivity index (χ3n) is 4.75. The maximum Gasteiger partial charge on any atom is 0.270 e. The van der Waals surface area contributed by atoms with Gasteiger partial charge in [-0.1, -0.05) is 6.07 Å². The Labute approximate surface area is 157 Å². The molecule has 3 aromatic heterocycles. The Morgan fingerprint density at radius 2 is 2.07 bits per heavy atom. The molecule has 0 unspecified atom stereocenters. The number of nitrogens with one attached hydrogen (secondary N) is 2. The molecule has 0 saturated carbocycles. The highest BCUT2D eigenvalue weighted by molar-refractivity contribution is 5.94. The zero-order valence-corrected chi connectivity index (χ0v) is 15.4. The first-order chi connectivity index (χ1) is 13.2. The minimum absolute atomic E-state index is 0.134. The smallest absolute Gasteiger partial charge is 0.270 e. The molecule has 8 nitrogen and oxygen atoms in total. The molecule has 3 aromatic rings. The number of hydrogen-bond acceptors (Lipinski definition) is 6. The van der Waals surface area contributed by atoms with Crippen LogP contribution in [0.25, 0.3) is 5.65 Å². The molecular formula is C19H23N7O. The van der Waals surface area contributed by atoms with Gasteiger partial charge >= 0.3 is 0 Å². The SMILES string of the molecule is Cc1nc2ccccn2c1C(=O)NCCNc1cc(N2CCCC2)cnn1. The predicted molar refractivity (Wildman–Crippen MR) is 104 cm³/mol. The van der Waals surface area contributed by atoms with Crippen molar-refractivity contribution < 1.29 is 4.79 Å². The van der Waals surface area contributed by atoms with Crippen molar-refractivity contribution in [2.75, 3.05) is 36.4 Å². The van der Waals surface area contributed by atoms with E-state index in [1.807, 2.05) is 41.8 Å². The van der Waals surface area contributed by atoms with E-state index in [1.165, 1.54) is 12.8 Å². The number of amides is 1. The Balaban J connectivity index is 1.33. The van der Waals surface area contributed by atoms with Crippen molar-refractivity contribution in [3.8, 4) is 0 Å². The van der Waals surface area contributed by atoms with Crippen molar-refractivity contribution in [3.63, 3.8) is 0 Å². The number of aryl methyl sites for hydroxylation is 1. The number of imidazole rings is 1. The van der Waals surface area contributed by atoms with E-state index in [4.69, 9.17) is 0 Å². The highest BCUT2D eigenvalue weighted by atomic mass is 16.1. The van der Waals surface area contributed by atoms with Crippen LogP contribution in [-0.4, -0.2) is 51.7 Å². The molecule has 1 aliphatic heterocycles. The van der Waals surface area contributed by atoms with Gasteiger partial charge in [0.25, 0.3) is 5.91 Å². The van der Waals surface area contributed by atoms with E-state index in [0.717, 1.165) is 35.9 Å². The minimum atomic E-state index is -0.134. The summed E-state index contributed by atoms with van der Waals surface area (Å²) in [6.45, 7) is 5.03. The van der Waals surface area contributed by atoms with Crippen molar-refractivity contribution >= 4 is 23.1 Å². The molecule has 1 saturated heterocycles. The van der Waals surface area contributed by atoms with Gasteiger partial charge in [-0.3, -0.25) is 9.20 Å². The van der Waals surface area contributed by atoms with E-state index in [1.54, 1.807) is 6.20 Å². The van der Waals surface area contributed by atoms with Crippen molar-refractivity contribution in [1.29, 1.82) is 0 Å². The Morgan fingerprint density at radius 3 is 2.93 bits per heavy atom. The fraction of sp³-hybridized carbons (Fsp3) is 0.368. The number of carbonyl (C=O) groups excluding carboxylic acids is 1. The number of carbonyl (C=O) groups is 1. The van der Waals surface area contributed by atoms with Gasteiger partial charge < -0.3 is 15.5 Å². The van der Waals surface area contributed by atoms with Gasteiger partial charge in [0.2, 0.25) is 0 Å². The first kappa shape index (κ1) is 17.3. The minimum Gasteiger partial charge on any atom is -0.370 e. The van der Waals surface area contributed by atoms with Crippen LogP contribution >= 0.6 is 0 Å². The average Bonchev–Trinajstić information content (AvgIpc) is 3.32. The molecule has 0 aromatic carbocycles. The molecule has 0 atom stereocenters. The second kappa shape index (κ2) is 7.61. The van der Waals surface area contributed by atoms with Gasteiger partial charge in [-0.2, -0.15) is 5.10 Å². The molecular weight excluding hydrogens is 342 g/mol. The molecule has 4 heterocycles. The van der Waals surface area contributed by atoms with E-state index in [9.17, 15) is 4.79 Å². The maximum absolute atomic E-state index is 12.5. The molecule has 1 fully saturated rings. The highest BCUT2D eigenvalue weighted by Crippen LogP contribution is 2.20. The molecule has 1 amide bonds. The van der Waals surface area contributed by atoms with Crippen LogP contribution in [0, 0.1) is 6.92 Å². The second-order valence-corrected chi connectivity index (χ2v) is 6.65. The second-order valence-electron chi connectivity index (χ2n) is 6.65. The van der Waals surface area contributed by atoms with Crippen LogP contribution in [0.15, 0.2) is 36.7 Å². The van der Waals surface area contributed by atoms with Crippen molar-refractivity contribution in [1.82, 2.24) is 24.9 Å². The van der Waals surface area contributed by atoms with E-state index >= 15 is 0 Å². The Bertz CT molecular complexity index is 946. The van der Waals surface area contributed by atoms with Crippen molar-refractivity contribution in [3.05, 3.63) is 48.0 Å². The quantitative estimate of drug-likeness (QED) is 0.649. The van der Waals surface area contributed by atoms with Gasteiger partial charge in [0, 0.05) is 38.4 Å². The largest absolute Gasteiger partial charge is 0.370 e. The van der Waals surface area contributed by atoms with Gasteiger partial charge in [-0.15, -0.1) is 5.10 Å². The Hall–Kier alpha value is -3.16.